The van der Waals surface area contributed by atoms with Gasteiger partial charge in [0.05, 0.1) is 5.69 Å². The molecule has 1 N–H and O–H groups in total. The Bertz CT molecular complexity index is 729. The van der Waals surface area contributed by atoms with Gasteiger partial charge in [-0.05, 0) is 38.2 Å². The fraction of sp³-hybridized carbons (Fsp3) is 0.625. The number of H-pyrrole nitrogens is 1. The fourth-order valence-electron chi connectivity index (χ4n) is 3.36. The summed E-state index contributed by atoms with van der Waals surface area (Å²) in [6.07, 6.45) is 4.32. The Kier molecular flexibility index (Phi) is 3.43. The van der Waals surface area contributed by atoms with E-state index in [9.17, 15) is 4.79 Å². The van der Waals surface area contributed by atoms with Gasteiger partial charge in [-0.25, -0.2) is 4.98 Å². The van der Waals surface area contributed by atoms with E-state index in [4.69, 9.17) is 0 Å². The van der Waals surface area contributed by atoms with Gasteiger partial charge in [0.1, 0.15) is 11.5 Å². The second kappa shape index (κ2) is 5.47. The fourth-order valence-corrected chi connectivity index (χ4v) is 3.36. The Hall–Kier alpha value is -2.18. The number of aryl methyl sites for hydroxylation is 2. The molecule has 1 saturated carbocycles. The van der Waals surface area contributed by atoms with Crippen LogP contribution in [-0.4, -0.2) is 48.9 Å². The van der Waals surface area contributed by atoms with Crippen molar-refractivity contribution in [3.05, 3.63) is 29.1 Å². The molecular weight excluding hydrogens is 292 g/mol. The lowest BCUT2D eigenvalue weighted by Crippen LogP contribution is -2.30. The summed E-state index contributed by atoms with van der Waals surface area (Å²) in [5, 5.41) is 11.6. The van der Waals surface area contributed by atoms with E-state index >= 15 is 0 Å². The maximum absolute atomic E-state index is 12.6. The molecule has 122 valence electrons. The molecule has 7 nitrogen and oxygen atoms in total. The van der Waals surface area contributed by atoms with Crippen LogP contribution in [0.1, 0.15) is 53.0 Å². The number of hydrogen-bond acceptors (Lipinski definition) is 4. The molecule has 1 aliphatic carbocycles. The van der Waals surface area contributed by atoms with Crippen LogP contribution in [0.5, 0.6) is 0 Å². The Balaban J connectivity index is 1.38. The molecule has 2 aliphatic rings. The van der Waals surface area contributed by atoms with E-state index in [1.54, 1.807) is 4.68 Å². The van der Waals surface area contributed by atoms with Gasteiger partial charge in [-0.15, -0.1) is 0 Å². The summed E-state index contributed by atoms with van der Waals surface area (Å²) in [6.45, 7) is 3.49. The molecule has 3 heterocycles. The van der Waals surface area contributed by atoms with Gasteiger partial charge in [0.25, 0.3) is 5.91 Å². The molecule has 1 amide bonds. The summed E-state index contributed by atoms with van der Waals surface area (Å²) in [5.74, 6) is 3.04. The number of carbonyl (C=O) groups is 1. The third kappa shape index (κ3) is 2.87. The number of carbonyl (C=O) groups excluding carboxylic acids is 1. The zero-order valence-corrected chi connectivity index (χ0v) is 13.6. The van der Waals surface area contributed by atoms with Crippen molar-refractivity contribution in [3.8, 4) is 0 Å². The van der Waals surface area contributed by atoms with Gasteiger partial charge in [-0.2, -0.15) is 10.2 Å². The maximum Gasteiger partial charge on any atom is 0.272 e. The van der Waals surface area contributed by atoms with Crippen molar-refractivity contribution in [1.82, 2.24) is 29.9 Å². The van der Waals surface area contributed by atoms with Crippen LogP contribution >= 0.6 is 0 Å². The first-order valence-electron chi connectivity index (χ1n) is 8.31. The molecule has 2 fully saturated rings. The highest BCUT2D eigenvalue weighted by atomic mass is 16.2. The summed E-state index contributed by atoms with van der Waals surface area (Å²) in [7, 11) is 1.82. The van der Waals surface area contributed by atoms with E-state index in [1.165, 1.54) is 12.8 Å². The first kappa shape index (κ1) is 14.4. The van der Waals surface area contributed by atoms with Crippen LogP contribution in [0.15, 0.2) is 6.07 Å². The molecular formula is C16H22N6O. The van der Waals surface area contributed by atoms with Gasteiger partial charge < -0.3 is 4.90 Å². The highest BCUT2D eigenvalue weighted by Crippen LogP contribution is 2.37. The maximum atomic E-state index is 12.6. The van der Waals surface area contributed by atoms with Crippen LogP contribution in [0, 0.1) is 12.8 Å². The number of amides is 1. The zero-order chi connectivity index (χ0) is 16.0. The first-order chi connectivity index (χ1) is 11.1. The van der Waals surface area contributed by atoms with Gasteiger partial charge in [0.15, 0.2) is 5.82 Å². The van der Waals surface area contributed by atoms with Crippen molar-refractivity contribution in [2.24, 2.45) is 13.0 Å². The van der Waals surface area contributed by atoms with Crippen molar-refractivity contribution in [2.45, 2.75) is 38.5 Å². The van der Waals surface area contributed by atoms with E-state index in [-0.39, 0.29) is 5.91 Å². The summed E-state index contributed by atoms with van der Waals surface area (Å²) in [6, 6.07) is 1.86. The number of aromatic amines is 1. The van der Waals surface area contributed by atoms with Crippen LogP contribution in [0.25, 0.3) is 0 Å². The molecule has 2 aromatic rings. The average molecular weight is 314 g/mol. The van der Waals surface area contributed by atoms with Crippen LogP contribution in [0.2, 0.25) is 0 Å². The summed E-state index contributed by atoms with van der Waals surface area (Å²) < 4.78 is 1.67. The minimum Gasteiger partial charge on any atom is -0.337 e. The van der Waals surface area contributed by atoms with Gasteiger partial charge in [0.2, 0.25) is 0 Å². The lowest BCUT2D eigenvalue weighted by atomic mass is 10.1. The van der Waals surface area contributed by atoms with Crippen molar-refractivity contribution in [1.29, 1.82) is 0 Å². The highest BCUT2D eigenvalue weighted by molar-refractivity contribution is 5.92. The quantitative estimate of drug-likeness (QED) is 0.926. The van der Waals surface area contributed by atoms with Gasteiger partial charge >= 0.3 is 0 Å². The Morgan fingerprint density at radius 2 is 2.22 bits per heavy atom. The van der Waals surface area contributed by atoms with Crippen molar-refractivity contribution in [2.75, 3.05) is 13.1 Å². The molecule has 2 aromatic heterocycles. The lowest BCUT2D eigenvalue weighted by Gasteiger charge is -2.16. The second-order valence-electron chi connectivity index (χ2n) is 6.82. The van der Waals surface area contributed by atoms with Crippen LogP contribution < -0.4 is 0 Å². The van der Waals surface area contributed by atoms with Gasteiger partial charge in [-0.3, -0.25) is 14.6 Å². The first-order valence-corrected chi connectivity index (χ1v) is 8.31. The number of likely N-dealkylation sites (tertiary alicyclic amines) is 1. The number of nitrogens with zero attached hydrogens (tertiary/aromatic N) is 5. The topological polar surface area (TPSA) is 79.7 Å². The normalized spacial score (nSPS) is 21.1. The molecule has 1 unspecified atom stereocenters. The highest BCUT2D eigenvalue weighted by Gasteiger charge is 2.31. The number of rotatable bonds is 4. The SMILES string of the molecule is Cc1cc(C(=O)N2CCC(Cc3nc(C4CC4)n[nH]3)C2)n(C)n1. The Morgan fingerprint density at radius 1 is 1.39 bits per heavy atom. The van der Waals surface area contributed by atoms with Crippen LogP contribution in [0.3, 0.4) is 0 Å². The molecule has 23 heavy (non-hydrogen) atoms. The largest absolute Gasteiger partial charge is 0.337 e. The number of nitrogens with one attached hydrogen (secondary N) is 1. The molecule has 0 spiro atoms. The summed E-state index contributed by atoms with van der Waals surface area (Å²) in [5.41, 5.74) is 1.54. The second-order valence-corrected chi connectivity index (χ2v) is 6.82. The Morgan fingerprint density at radius 3 is 2.91 bits per heavy atom. The van der Waals surface area contributed by atoms with Crippen LogP contribution in [-0.2, 0) is 13.5 Å². The summed E-state index contributed by atoms with van der Waals surface area (Å²) >= 11 is 0. The smallest absolute Gasteiger partial charge is 0.272 e. The molecule has 0 radical (unpaired) electrons. The molecule has 1 atom stereocenters. The third-order valence-electron chi connectivity index (χ3n) is 4.77. The van der Waals surface area contributed by atoms with Gasteiger partial charge in [0, 0.05) is 32.5 Å². The summed E-state index contributed by atoms with van der Waals surface area (Å²) in [4.78, 5) is 19.1. The van der Waals surface area contributed by atoms with Crippen molar-refractivity contribution < 1.29 is 4.79 Å². The lowest BCUT2D eigenvalue weighted by molar-refractivity contribution is 0.0776. The molecule has 7 heteroatoms. The molecule has 4 rings (SSSR count). The van der Waals surface area contributed by atoms with E-state index in [0.29, 0.717) is 17.5 Å². The number of hydrogen-bond donors (Lipinski definition) is 1. The zero-order valence-electron chi connectivity index (χ0n) is 13.6. The predicted molar refractivity (Wildman–Crippen MR) is 84.0 cm³/mol. The standard InChI is InChI=1S/C16H22N6O/c1-10-7-13(21(2)20-10)16(23)22-6-5-11(9-22)8-14-17-15(19-18-14)12-3-4-12/h7,11-12H,3-6,8-9H2,1-2H3,(H,17,18,19). The number of aromatic nitrogens is 5. The minimum absolute atomic E-state index is 0.0758. The van der Waals surface area contributed by atoms with Crippen LogP contribution in [0.4, 0.5) is 0 Å². The van der Waals surface area contributed by atoms with E-state index < -0.39 is 0 Å². The monoisotopic (exact) mass is 314 g/mol. The third-order valence-corrected chi connectivity index (χ3v) is 4.77. The molecule has 1 aliphatic heterocycles. The molecule has 1 saturated heterocycles. The van der Waals surface area contributed by atoms with Crippen molar-refractivity contribution >= 4 is 5.91 Å². The van der Waals surface area contributed by atoms with Gasteiger partial charge in [-0.1, -0.05) is 0 Å². The van der Waals surface area contributed by atoms with E-state index in [2.05, 4.69) is 20.3 Å². The van der Waals surface area contributed by atoms with E-state index in [0.717, 1.165) is 43.3 Å². The average Bonchev–Trinajstić information content (AvgIpc) is 2.93. The van der Waals surface area contributed by atoms with E-state index in [1.807, 2.05) is 24.9 Å². The predicted octanol–water partition coefficient (Wildman–Crippen LogP) is 1.43. The van der Waals surface area contributed by atoms with Crippen molar-refractivity contribution in [3.63, 3.8) is 0 Å². The Labute approximate surface area is 135 Å². The minimum atomic E-state index is 0.0758. The molecule has 0 aromatic carbocycles. The molecule has 0 bridgehead atoms.